The number of phenols is 1. The van der Waals surface area contributed by atoms with Crippen LogP contribution in [0.2, 0.25) is 0 Å². The third kappa shape index (κ3) is 2.86. The van der Waals surface area contributed by atoms with E-state index in [0.29, 0.717) is 0 Å². The Morgan fingerprint density at radius 3 is 2.10 bits per heavy atom. The quantitative estimate of drug-likeness (QED) is 0.791. The molecule has 2 aromatic rings. The minimum absolute atomic E-state index is 0.0371. The van der Waals surface area contributed by atoms with Crippen LogP contribution in [0.3, 0.4) is 0 Å². The number of carboxylic acids is 2. The maximum absolute atomic E-state index is 11.1. The summed E-state index contributed by atoms with van der Waals surface area (Å²) in [5.74, 6) is -2.17. The molecule has 2 aromatic carbocycles. The van der Waals surface area contributed by atoms with Crippen molar-refractivity contribution in [2.45, 2.75) is 0 Å². The molecule has 0 aliphatic rings. The molecule has 0 aliphatic heterocycles. The first-order valence-corrected chi connectivity index (χ1v) is 5.55. The first-order chi connectivity index (χ1) is 9.47. The van der Waals surface area contributed by atoms with Crippen molar-refractivity contribution in [3.05, 3.63) is 53.6 Å². The van der Waals surface area contributed by atoms with E-state index in [4.69, 9.17) is 20.1 Å². The number of ether oxygens (including phenoxy) is 1. The van der Waals surface area contributed by atoms with Gasteiger partial charge in [-0.1, -0.05) is 0 Å². The van der Waals surface area contributed by atoms with Gasteiger partial charge in [-0.25, -0.2) is 9.59 Å². The van der Waals surface area contributed by atoms with Crippen LogP contribution in [-0.4, -0.2) is 27.3 Å². The molecule has 0 aromatic heterocycles. The summed E-state index contributed by atoms with van der Waals surface area (Å²) in [5, 5.41) is 27.1. The van der Waals surface area contributed by atoms with E-state index >= 15 is 0 Å². The minimum atomic E-state index is -1.23. The lowest BCUT2D eigenvalue weighted by Crippen LogP contribution is -2.03. The fourth-order valence-electron chi connectivity index (χ4n) is 1.56. The molecule has 0 saturated heterocycles. The second-order valence-corrected chi connectivity index (χ2v) is 3.92. The Hall–Kier alpha value is -3.02. The van der Waals surface area contributed by atoms with Crippen LogP contribution in [0.25, 0.3) is 0 Å². The molecule has 0 atom stereocenters. The van der Waals surface area contributed by atoms with Crippen molar-refractivity contribution >= 4 is 11.9 Å². The zero-order valence-corrected chi connectivity index (χ0v) is 10.1. The Balaban J connectivity index is 2.41. The van der Waals surface area contributed by atoms with Gasteiger partial charge in [0.05, 0.1) is 5.56 Å². The zero-order chi connectivity index (χ0) is 14.7. The molecule has 0 radical (unpaired) electrons. The molecule has 0 aliphatic carbocycles. The molecule has 6 heteroatoms. The zero-order valence-electron chi connectivity index (χ0n) is 10.1. The molecule has 0 spiro atoms. The number of benzene rings is 2. The van der Waals surface area contributed by atoms with E-state index in [0.717, 1.165) is 6.07 Å². The van der Waals surface area contributed by atoms with Crippen molar-refractivity contribution in [1.29, 1.82) is 0 Å². The first-order valence-electron chi connectivity index (χ1n) is 5.55. The Bertz CT molecular complexity index is 660. The maximum Gasteiger partial charge on any atom is 0.339 e. The van der Waals surface area contributed by atoms with Crippen molar-refractivity contribution in [2.75, 3.05) is 0 Å². The van der Waals surface area contributed by atoms with Crippen LogP contribution in [-0.2, 0) is 0 Å². The van der Waals surface area contributed by atoms with E-state index in [1.165, 1.54) is 36.4 Å². The summed E-state index contributed by atoms with van der Waals surface area (Å²) < 4.78 is 5.36. The third-order valence-corrected chi connectivity index (χ3v) is 2.52. The third-order valence-electron chi connectivity index (χ3n) is 2.52. The molecule has 102 valence electrons. The Kier molecular flexibility index (Phi) is 3.56. The van der Waals surface area contributed by atoms with Gasteiger partial charge in [-0.15, -0.1) is 0 Å². The highest BCUT2D eigenvalue weighted by Crippen LogP contribution is 2.28. The van der Waals surface area contributed by atoms with E-state index < -0.39 is 11.9 Å². The molecule has 2 rings (SSSR count). The predicted octanol–water partition coefficient (Wildman–Crippen LogP) is 2.58. The van der Waals surface area contributed by atoms with E-state index in [1.54, 1.807) is 0 Å². The summed E-state index contributed by atoms with van der Waals surface area (Å²) in [5.41, 5.74) is -0.230. The summed E-state index contributed by atoms with van der Waals surface area (Å²) in [6, 6.07) is 9.12. The van der Waals surface area contributed by atoms with Crippen LogP contribution >= 0.6 is 0 Å². The second kappa shape index (κ2) is 5.31. The number of rotatable bonds is 4. The maximum atomic E-state index is 11.1. The minimum Gasteiger partial charge on any atom is -0.508 e. The molecular formula is C14H10O6. The van der Waals surface area contributed by atoms with E-state index in [9.17, 15) is 9.59 Å². The van der Waals surface area contributed by atoms with Crippen molar-refractivity contribution in [1.82, 2.24) is 0 Å². The highest BCUT2D eigenvalue weighted by Gasteiger charge is 2.15. The van der Waals surface area contributed by atoms with Crippen molar-refractivity contribution in [3.63, 3.8) is 0 Å². The normalized spacial score (nSPS) is 10.0. The van der Waals surface area contributed by atoms with Crippen LogP contribution in [0, 0.1) is 0 Å². The molecule has 0 unspecified atom stereocenters. The van der Waals surface area contributed by atoms with Gasteiger partial charge in [0.1, 0.15) is 22.8 Å². The fraction of sp³-hybridized carbons (Fsp3) is 0. The lowest BCUT2D eigenvalue weighted by molar-refractivity contribution is 0.0678. The highest BCUT2D eigenvalue weighted by molar-refractivity contribution is 5.94. The van der Waals surface area contributed by atoms with Crippen LogP contribution in [0.5, 0.6) is 17.2 Å². The molecule has 0 amide bonds. The number of carboxylic acid groups (broad SMARTS) is 2. The largest absolute Gasteiger partial charge is 0.508 e. The number of aromatic carboxylic acids is 2. The summed E-state index contributed by atoms with van der Waals surface area (Å²) >= 11 is 0. The Morgan fingerprint density at radius 1 is 0.900 bits per heavy atom. The van der Waals surface area contributed by atoms with Crippen LogP contribution < -0.4 is 4.74 Å². The lowest BCUT2D eigenvalue weighted by atomic mass is 10.1. The Labute approximate surface area is 113 Å². The second-order valence-electron chi connectivity index (χ2n) is 3.92. The predicted molar refractivity (Wildman–Crippen MR) is 68.5 cm³/mol. The summed E-state index contributed by atoms with van der Waals surface area (Å²) in [6.45, 7) is 0. The molecule has 0 fully saturated rings. The number of hydrogen-bond donors (Lipinski definition) is 3. The van der Waals surface area contributed by atoms with Crippen LogP contribution in [0.15, 0.2) is 42.5 Å². The van der Waals surface area contributed by atoms with E-state index in [2.05, 4.69) is 0 Å². The van der Waals surface area contributed by atoms with Gasteiger partial charge in [0.25, 0.3) is 0 Å². The number of hydrogen-bond acceptors (Lipinski definition) is 4. The summed E-state index contributed by atoms with van der Waals surface area (Å²) in [4.78, 5) is 22.0. The van der Waals surface area contributed by atoms with Gasteiger partial charge in [0.15, 0.2) is 0 Å². The molecule has 0 bridgehead atoms. The average Bonchev–Trinajstić information content (AvgIpc) is 2.41. The standard InChI is InChI=1S/C14H10O6/c15-9-2-4-10(5-3-9)20-12-7-8(13(16)17)1-6-11(12)14(18)19/h1-7,15H,(H,16,17)(H,18,19). The highest BCUT2D eigenvalue weighted by atomic mass is 16.5. The van der Waals surface area contributed by atoms with Crippen molar-refractivity contribution < 1.29 is 29.6 Å². The monoisotopic (exact) mass is 274 g/mol. The lowest BCUT2D eigenvalue weighted by Gasteiger charge is -2.09. The van der Waals surface area contributed by atoms with Gasteiger partial charge >= 0.3 is 11.9 Å². The topological polar surface area (TPSA) is 104 Å². The van der Waals surface area contributed by atoms with Gasteiger partial charge in [-0.2, -0.15) is 0 Å². The number of carbonyl (C=O) groups is 2. The molecule has 20 heavy (non-hydrogen) atoms. The van der Waals surface area contributed by atoms with Crippen molar-refractivity contribution in [2.24, 2.45) is 0 Å². The fourth-order valence-corrected chi connectivity index (χ4v) is 1.56. The van der Waals surface area contributed by atoms with Gasteiger partial charge in [0.2, 0.25) is 0 Å². The van der Waals surface area contributed by atoms with Crippen LogP contribution in [0.4, 0.5) is 0 Å². The molecule has 3 N–H and O–H groups in total. The molecule has 0 heterocycles. The van der Waals surface area contributed by atoms with E-state index in [-0.39, 0.29) is 28.4 Å². The SMILES string of the molecule is O=C(O)c1ccc(C(=O)O)c(Oc2ccc(O)cc2)c1. The summed E-state index contributed by atoms with van der Waals surface area (Å²) in [6.07, 6.45) is 0. The van der Waals surface area contributed by atoms with Gasteiger partial charge in [0, 0.05) is 0 Å². The smallest absolute Gasteiger partial charge is 0.339 e. The van der Waals surface area contributed by atoms with Gasteiger partial charge in [-0.05, 0) is 42.5 Å². The van der Waals surface area contributed by atoms with Crippen molar-refractivity contribution in [3.8, 4) is 17.2 Å². The molecule has 6 nitrogen and oxygen atoms in total. The number of aromatic hydroxyl groups is 1. The summed E-state index contributed by atoms with van der Waals surface area (Å²) in [7, 11) is 0. The Morgan fingerprint density at radius 2 is 1.55 bits per heavy atom. The van der Waals surface area contributed by atoms with Gasteiger partial charge in [-0.3, -0.25) is 0 Å². The first kappa shape index (κ1) is 13.4. The number of phenolic OH excluding ortho intramolecular Hbond substituents is 1. The van der Waals surface area contributed by atoms with Crippen LogP contribution in [0.1, 0.15) is 20.7 Å². The average molecular weight is 274 g/mol. The molecule has 0 saturated carbocycles. The molecular weight excluding hydrogens is 264 g/mol. The van der Waals surface area contributed by atoms with E-state index in [1.807, 2.05) is 0 Å². The van der Waals surface area contributed by atoms with Gasteiger partial charge < -0.3 is 20.1 Å².